The monoisotopic (exact) mass is 409 g/mol. The number of hydrogen-bond donors (Lipinski definition) is 1. The molecule has 1 unspecified atom stereocenters. The summed E-state index contributed by atoms with van der Waals surface area (Å²) < 4.78 is 7.37. The molecule has 2 heterocycles. The van der Waals surface area contributed by atoms with Crippen molar-refractivity contribution < 1.29 is 14.3 Å². The summed E-state index contributed by atoms with van der Waals surface area (Å²) in [5.74, 6) is 0.594. The quantitative estimate of drug-likeness (QED) is 0.817. The first-order valence-electron chi connectivity index (χ1n) is 11.0. The van der Waals surface area contributed by atoms with Crippen LogP contribution in [0.5, 0.6) is 5.75 Å². The Morgan fingerprint density at radius 3 is 2.57 bits per heavy atom. The number of hydrogen-bond acceptors (Lipinski definition) is 3. The fraction of sp³-hybridized carbons (Fsp3) is 0.500. The Balaban J connectivity index is 1.59. The molecule has 1 aromatic carbocycles. The Morgan fingerprint density at radius 1 is 1.07 bits per heavy atom. The molecule has 30 heavy (non-hydrogen) atoms. The lowest BCUT2D eigenvalue weighted by Crippen LogP contribution is -2.50. The first-order valence-corrected chi connectivity index (χ1v) is 11.0. The summed E-state index contributed by atoms with van der Waals surface area (Å²) in [6, 6.07) is 11.1. The van der Waals surface area contributed by atoms with Crippen molar-refractivity contribution in [3.63, 3.8) is 0 Å². The highest BCUT2D eigenvalue weighted by atomic mass is 16.5. The fourth-order valence-corrected chi connectivity index (χ4v) is 4.71. The number of methoxy groups -OCH3 is 1. The topological polar surface area (TPSA) is 63.6 Å². The summed E-state index contributed by atoms with van der Waals surface area (Å²) in [4.78, 5) is 28.2. The lowest BCUT2D eigenvalue weighted by molar-refractivity contribution is -0.144. The number of fused-ring (bicyclic) bond motifs is 1. The zero-order valence-corrected chi connectivity index (χ0v) is 17.7. The van der Waals surface area contributed by atoms with E-state index in [4.69, 9.17) is 4.74 Å². The van der Waals surface area contributed by atoms with Gasteiger partial charge in [0.25, 0.3) is 0 Å². The van der Waals surface area contributed by atoms with Gasteiger partial charge in [-0.25, -0.2) is 0 Å². The van der Waals surface area contributed by atoms with Crippen molar-refractivity contribution >= 4 is 11.8 Å². The maximum atomic E-state index is 13.5. The van der Waals surface area contributed by atoms with Crippen LogP contribution in [0.25, 0.3) is 0 Å². The van der Waals surface area contributed by atoms with Gasteiger partial charge in [-0.3, -0.25) is 9.59 Å². The maximum Gasteiger partial charge on any atom is 0.249 e. The fourth-order valence-electron chi connectivity index (χ4n) is 4.71. The number of nitrogens with one attached hydrogen (secondary N) is 1. The van der Waals surface area contributed by atoms with Gasteiger partial charge in [0.2, 0.25) is 11.8 Å². The molecule has 1 N–H and O–H groups in total. The molecular formula is C24H31N3O3. The van der Waals surface area contributed by atoms with Crippen molar-refractivity contribution in [3.05, 3.63) is 53.9 Å². The van der Waals surface area contributed by atoms with Crippen LogP contribution in [0.3, 0.4) is 0 Å². The Hall–Kier alpha value is -2.76. The summed E-state index contributed by atoms with van der Waals surface area (Å²) in [5, 5.41) is 3.27. The second-order valence-electron chi connectivity index (χ2n) is 8.35. The van der Waals surface area contributed by atoms with Crippen molar-refractivity contribution in [1.29, 1.82) is 0 Å². The van der Waals surface area contributed by atoms with Crippen molar-refractivity contribution in [2.45, 2.75) is 70.1 Å². The molecule has 1 fully saturated rings. The van der Waals surface area contributed by atoms with Gasteiger partial charge in [0.05, 0.1) is 19.3 Å². The maximum absolute atomic E-state index is 13.5. The van der Waals surface area contributed by atoms with E-state index in [1.807, 2.05) is 47.2 Å². The van der Waals surface area contributed by atoms with Crippen LogP contribution in [-0.2, 0) is 22.7 Å². The van der Waals surface area contributed by atoms with E-state index in [2.05, 4.69) is 5.32 Å². The number of rotatable bonds is 5. The number of benzene rings is 1. The van der Waals surface area contributed by atoms with Gasteiger partial charge in [-0.2, -0.15) is 0 Å². The molecular weight excluding hydrogens is 378 g/mol. The second kappa shape index (κ2) is 9.37. The minimum Gasteiger partial charge on any atom is -0.496 e. The van der Waals surface area contributed by atoms with Crippen LogP contribution in [-0.4, -0.2) is 34.4 Å². The minimum atomic E-state index is -0.628. The van der Waals surface area contributed by atoms with Gasteiger partial charge in [-0.05, 0) is 31.0 Å². The molecule has 2 aliphatic rings. The molecule has 0 saturated heterocycles. The van der Waals surface area contributed by atoms with E-state index in [1.165, 1.54) is 19.3 Å². The van der Waals surface area contributed by atoms with E-state index < -0.39 is 6.04 Å². The molecule has 0 radical (unpaired) electrons. The molecule has 1 atom stereocenters. The molecule has 160 valence electrons. The summed E-state index contributed by atoms with van der Waals surface area (Å²) in [6.45, 7) is 0.599. The van der Waals surface area contributed by atoms with Crippen LogP contribution >= 0.6 is 0 Å². The number of carbonyl (C=O) groups excluding carboxylic acids is 2. The van der Waals surface area contributed by atoms with E-state index >= 15 is 0 Å². The van der Waals surface area contributed by atoms with E-state index in [0.29, 0.717) is 6.54 Å². The third-order valence-corrected chi connectivity index (χ3v) is 6.32. The summed E-state index contributed by atoms with van der Waals surface area (Å²) in [6.07, 6.45) is 9.96. The highest BCUT2D eigenvalue weighted by Crippen LogP contribution is 2.31. The Labute approximate surface area is 178 Å². The van der Waals surface area contributed by atoms with Crippen LogP contribution in [0, 0.1) is 0 Å². The van der Waals surface area contributed by atoms with E-state index in [9.17, 15) is 9.59 Å². The van der Waals surface area contributed by atoms with Gasteiger partial charge in [0.15, 0.2) is 6.04 Å². The summed E-state index contributed by atoms with van der Waals surface area (Å²) >= 11 is 0. The smallest absolute Gasteiger partial charge is 0.249 e. The summed E-state index contributed by atoms with van der Waals surface area (Å²) in [7, 11) is 1.63. The number of amides is 2. The first kappa shape index (κ1) is 20.5. The number of aromatic nitrogens is 1. The predicted octanol–water partition coefficient (Wildman–Crippen LogP) is 3.81. The van der Waals surface area contributed by atoms with Crippen LogP contribution in [0.15, 0.2) is 42.6 Å². The molecule has 6 heteroatoms. The number of para-hydroxylation sites is 1. The molecule has 2 amide bonds. The highest BCUT2D eigenvalue weighted by Gasteiger charge is 2.38. The molecule has 6 nitrogen and oxygen atoms in total. The van der Waals surface area contributed by atoms with Gasteiger partial charge in [-0.1, -0.05) is 50.3 Å². The molecule has 0 bridgehead atoms. The number of carbonyl (C=O) groups is 2. The Bertz CT molecular complexity index is 883. The van der Waals surface area contributed by atoms with Gasteiger partial charge in [0, 0.05) is 17.8 Å². The number of ether oxygens (including phenoxy) is 1. The second-order valence-corrected chi connectivity index (χ2v) is 8.35. The molecule has 1 aliphatic heterocycles. The van der Waals surface area contributed by atoms with Crippen molar-refractivity contribution in [2.75, 3.05) is 7.11 Å². The number of nitrogens with zero attached hydrogens (tertiary/aromatic N) is 2. The third-order valence-electron chi connectivity index (χ3n) is 6.32. The van der Waals surface area contributed by atoms with E-state index in [-0.39, 0.29) is 24.4 Å². The Morgan fingerprint density at radius 2 is 1.80 bits per heavy atom. The van der Waals surface area contributed by atoms with Gasteiger partial charge in [-0.15, -0.1) is 0 Å². The van der Waals surface area contributed by atoms with Crippen LogP contribution < -0.4 is 10.1 Å². The zero-order valence-electron chi connectivity index (χ0n) is 17.7. The van der Waals surface area contributed by atoms with Crippen LogP contribution in [0.2, 0.25) is 0 Å². The molecule has 2 aromatic rings. The standard InChI is InChI=1S/C24H31N3O3/c1-30-21-14-8-7-10-18(21)16-27-22(28)17-26-15-9-13-20(26)23(27)24(29)25-19-11-5-3-2-4-6-12-19/h7-10,13-15,19,23H,2-6,11-12,16-17H2,1H3,(H,25,29). The van der Waals surface area contributed by atoms with Crippen LogP contribution in [0.1, 0.15) is 62.2 Å². The molecule has 4 rings (SSSR count). The van der Waals surface area contributed by atoms with Crippen molar-refractivity contribution in [1.82, 2.24) is 14.8 Å². The highest BCUT2D eigenvalue weighted by molar-refractivity contribution is 5.90. The lowest BCUT2D eigenvalue weighted by atomic mass is 9.96. The molecule has 0 spiro atoms. The Kier molecular flexibility index (Phi) is 6.41. The van der Waals surface area contributed by atoms with Crippen molar-refractivity contribution in [2.24, 2.45) is 0 Å². The largest absolute Gasteiger partial charge is 0.496 e. The summed E-state index contributed by atoms with van der Waals surface area (Å²) in [5.41, 5.74) is 1.77. The van der Waals surface area contributed by atoms with Crippen LogP contribution in [0.4, 0.5) is 0 Å². The average molecular weight is 410 g/mol. The first-order chi connectivity index (χ1) is 14.7. The third kappa shape index (κ3) is 4.37. The van der Waals surface area contributed by atoms with Gasteiger partial charge >= 0.3 is 0 Å². The minimum absolute atomic E-state index is 0.0533. The zero-order chi connectivity index (χ0) is 20.9. The molecule has 1 aliphatic carbocycles. The SMILES string of the molecule is COc1ccccc1CN1C(=O)Cn2cccc2C1C(=O)NC1CCCCCCC1. The lowest BCUT2D eigenvalue weighted by Gasteiger charge is -2.37. The van der Waals surface area contributed by atoms with E-state index in [1.54, 1.807) is 12.0 Å². The average Bonchev–Trinajstić information content (AvgIpc) is 3.18. The van der Waals surface area contributed by atoms with Gasteiger partial charge in [0.1, 0.15) is 12.3 Å². The van der Waals surface area contributed by atoms with E-state index in [0.717, 1.165) is 42.7 Å². The van der Waals surface area contributed by atoms with Gasteiger partial charge < -0.3 is 19.5 Å². The predicted molar refractivity (Wildman–Crippen MR) is 115 cm³/mol. The normalized spacial score (nSPS) is 20.2. The molecule has 1 saturated carbocycles. The van der Waals surface area contributed by atoms with Crippen molar-refractivity contribution in [3.8, 4) is 5.75 Å². The molecule has 1 aromatic heterocycles.